The van der Waals surface area contributed by atoms with Crippen molar-refractivity contribution in [3.8, 4) is 0 Å². The maximum atomic E-state index is 10.8. The summed E-state index contributed by atoms with van der Waals surface area (Å²) in [6, 6.07) is 14.2. The number of aliphatic hydroxyl groups is 1. The minimum atomic E-state index is -0.956. The molecule has 0 aliphatic carbocycles. The Kier molecular flexibility index (Phi) is 8.28. The van der Waals surface area contributed by atoms with Crippen molar-refractivity contribution in [2.75, 3.05) is 20.1 Å². The van der Waals surface area contributed by atoms with E-state index in [-0.39, 0.29) is 0 Å². The lowest BCUT2D eigenvalue weighted by Gasteiger charge is -2.24. The van der Waals surface area contributed by atoms with Crippen molar-refractivity contribution in [3.05, 3.63) is 81.9 Å². The molecule has 3 aromatic rings. The summed E-state index contributed by atoms with van der Waals surface area (Å²) in [4.78, 5) is 6.99. The normalized spacial score (nSPS) is 13.9. The Bertz CT molecular complexity index is 936. The first kappa shape index (κ1) is 23.1. The first-order valence-corrected chi connectivity index (χ1v) is 11.5. The monoisotopic (exact) mass is 440 g/mol. The molecule has 2 heterocycles. The van der Waals surface area contributed by atoms with Crippen LogP contribution >= 0.6 is 11.3 Å². The van der Waals surface area contributed by atoms with Gasteiger partial charge in [0, 0.05) is 13.1 Å². The Balaban J connectivity index is 1.63. The average Bonchev–Trinajstić information content (AvgIpc) is 3.45. The SMILES string of the molecule is CCNC(=NCc1ccccc1CN(C)Cc1ccco1)NCC(C)(O)c1ccsc1. The van der Waals surface area contributed by atoms with Crippen LogP contribution in [-0.2, 0) is 25.2 Å². The topological polar surface area (TPSA) is 73.0 Å². The van der Waals surface area contributed by atoms with Crippen LogP contribution in [0.3, 0.4) is 0 Å². The van der Waals surface area contributed by atoms with Crippen LogP contribution in [0.25, 0.3) is 0 Å². The second-order valence-electron chi connectivity index (χ2n) is 7.85. The molecule has 3 N–H and O–H groups in total. The minimum absolute atomic E-state index is 0.378. The van der Waals surface area contributed by atoms with Crippen LogP contribution < -0.4 is 10.6 Å². The van der Waals surface area contributed by atoms with E-state index in [1.54, 1.807) is 17.6 Å². The summed E-state index contributed by atoms with van der Waals surface area (Å²) in [6.07, 6.45) is 1.71. The molecule has 6 nitrogen and oxygen atoms in total. The zero-order valence-corrected chi connectivity index (χ0v) is 19.3. The van der Waals surface area contributed by atoms with Gasteiger partial charge in [0.2, 0.25) is 0 Å². The highest BCUT2D eigenvalue weighted by Crippen LogP contribution is 2.22. The van der Waals surface area contributed by atoms with E-state index >= 15 is 0 Å². The highest BCUT2D eigenvalue weighted by molar-refractivity contribution is 7.08. The third-order valence-electron chi connectivity index (χ3n) is 5.06. The maximum Gasteiger partial charge on any atom is 0.191 e. The van der Waals surface area contributed by atoms with Gasteiger partial charge in [-0.3, -0.25) is 4.90 Å². The van der Waals surface area contributed by atoms with Crippen molar-refractivity contribution in [1.82, 2.24) is 15.5 Å². The molecule has 7 heteroatoms. The molecule has 1 unspecified atom stereocenters. The summed E-state index contributed by atoms with van der Waals surface area (Å²) in [5.41, 5.74) is 2.37. The van der Waals surface area contributed by atoms with Crippen LogP contribution in [0.2, 0.25) is 0 Å². The van der Waals surface area contributed by atoms with Gasteiger partial charge in [0.05, 0.1) is 25.9 Å². The number of benzene rings is 1. The molecule has 0 fully saturated rings. The van der Waals surface area contributed by atoms with Crippen molar-refractivity contribution in [1.29, 1.82) is 0 Å². The number of nitrogens with zero attached hydrogens (tertiary/aromatic N) is 2. The van der Waals surface area contributed by atoms with Gasteiger partial charge in [0.25, 0.3) is 0 Å². The molecule has 1 aromatic carbocycles. The van der Waals surface area contributed by atoms with Gasteiger partial charge in [0.15, 0.2) is 5.96 Å². The van der Waals surface area contributed by atoms with Crippen molar-refractivity contribution in [2.45, 2.75) is 39.1 Å². The predicted octanol–water partition coefficient (Wildman–Crippen LogP) is 3.94. The van der Waals surface area contributed by atoms with Gasteiger partial charge in [-0.05, 0) is 66.5 Å². The Labute approximate surface area is 188 Å². The molecule has 0 aliphatic rings. The standard InChI is InChI=1S/C24H32N4O2S/c1-4-25-23(27-18-24(2,29)21-11-13-31-17-21)26-14-19-8-5-6-9-20(19)15-28(3)16-22-10-7-12-30-22/h5-13,17,29H,4,14-16,18H2,1-3H3,(H2,25,26,27). The number of nitrogens with one attached hydrogen (secondary N) is 2. The number of guanidine groups is 1. The molecular formula is C24H32N4O2S. The maximum absolute atomic E-state index is 10.8. The minimum Gasteiger partial charge on any atom is -0.468 e. The van der Waals surface area contributed by atoms with E-state index in [4.69, 9.17) is 9.41 Å². The van der Waals surface area contributed by atoms with Crippen molar-refractivity contribution in [2.24, 2.45) is 4.99 Å². The lowest BCUT2D eigenvalue weighted by Crippen LogP contribution is -2.44. The molecule has 166 valence electrons. The second-order valence-corrected chi connectivity index (χ2v) is 8.63. The van der Waals surface area contributed by atoms with E-state index in [0.717, 1.165) is 31.0 Å². The summed E-state index contributed by atoms with van der Waals surface area (Å²) in [5.74, 6) is 1.64. The van der Waals surface area contributed by atoms with Crippen LogP contribution in [0.4, 0.5) is 0 Å². The highest BCUT2D eigenvalue weighted by Gasteiger charge is 2.23. The smallest absolute Gasteiger partial charge is 0.191 e. The van der Waals surface area contributed by atoms with Crippen LogP contribution in [0, 0.1) is 0 Å². The van der Waals surface area contributed by atoms with E-state index in [2.05, 4.69) is 40.8 Å². The van der Waals surface area contributed by atoms with Crippen molar-refractivity contribution < 1.29 is 9.52 Å². The fraction of sp³-hybridized carbons (Fsp3) is 0.375. The fourth-order valence-corrected chi connectivity index (χ4v) is 4.10. The molecule has 0 amide bonds. The molecule has 0 saturated heterocycles. The number of hydrogen-bond donors (Lipinski definition) is 3. The second kappa shape index (κ2) is 11.1. The molecule has 0 radical (unpaired) electrons. The molecular weight excluding hydrogens is 408 g/mol. The number of rotatable bonds is 10. The fourth-order valence-electron chi connectivity index (χ4n) is 3.32. The summed E-state index contributed by atoms with van der Waals surface area (Å²) in [5, 5.41) is 21.3. The van der Waals surface area contributed by atoms with Crippen LogP contribution in [0.1, 0.15) is 36.3 Å². The first-order valence-electron chi connectivity index (χ1n) is 10.5. The summed E-state index contributed by atoms with van der Waals surface area (Å²) in [6.45, 7) is 7.10. The van der Waals surface area contributed by atoms with Gasteiger partial charge in [-0.15, -0.1) is 0 Å². The molecule has 31 heavy (non-hydrogen) atoms. The van der Waals surface area contributed by atoms with Gasteiger partial charge in [-0.2, -0.15) is 11.3 Å². The van der Waals surface area contributed by atoms with Crippen LogP contribution in [-0.4, -0.2) is 36.1 Å². The summed E-state index contributed by atoms with van der Waals surface area (Å²) >= 11 is 1.58. The summed E-state index contributed by atoms with van der Waals surface area (Å²) in [7, 11) is 2.08. The summed E-state index contributed by atoms with van der Waals surface area (Å²) < 4.78 is 5.46. The van der Waals surface area contributed by atoms with Crippen molar-refractivity contribution in [3.63, 3.8) is 0 Å². The third-order valence-corrected chi connectivity index (χ3v) is 5.74. The number of furan rings is 1. The van der Waals surface area contributed by atoms with Gasteiger partial charge in [0.1, 0.15) is 11.4 Å². The number of hydrogen-bond acceptors (Lipinski definition) is 5. The molecule has 3 rings (SSSR count). The van der Waals surface area contributed by atoms with E-state index in [0.29, 0.717) is 19.0 Å². The van der Waals surface area contributed by atoms with E-state index in [1.165, 1.54) is 11.1 Å². The number of aliphatic imine (C=N–C) groups is 1. The highest BCUT2D eigenvalue weighted by atomic mass is 32.1. The molecule has 0 bridgehead atoms. The molecule has 2 aromatic heterocycles. The van der Waals surface area contributed by atoms with Gasteiger partial charge in [-0.25, -0.2) is 4.99 Å². The van der Waals surface area contributed by atoms with E-state index in [1.807, 2.05) is 48.9 Å². The quantitative estimate of drug-likeness (QED) is 0.329. The lowest BCUT2D eigenvalue weighted by atomic mass is 9.99. The van der Waals surface area contributed by atoms with E-state index < -0.39 is 5.60 Å². The zero-order valence-electron chi connectivity index (χ0n) is 18.5. The average molecular weight is 441 g/mol. The molecule has 1 atom stereocenters. The Morgan fingerprint density at radius 1 is 1.13 bits per heavy atom. The molecule has 0 spiro atoms. The van der Waals surface area contributed by atoms with Crippen LogP contribution in [0.15, 0.2) is 68.9 Å². The number of thiophene rings is 1. The van der Waals surface area contributed by atoms with Crippen LogP contribution in [0.5, 0.6) is 0 Å². The van der Waals surface area contributed by atoms with Gasteiger partial charge < -0.3 is 20.2 Å². The van der Waals surface area contributed by atoms with Gasteiger partial charge in [-0.1, -0.05) is 24.3 Å². The molecule has 0 saturated carbocycles. The Hall–Kier alpha value is -2.61. The largest absolute Gasteiger partial charge is 0.468 e. The lowest BCUT2D eigenvalue weighted by molar-refractivity contribution is 0.0621. The Morgan fingerprint density at radius 2 is 1.94 bits per heavy atom. The zero-order chi connectivity index (χ0) is 22.1. The first-order chi connectivity index (χ1) is 15.0. The Morgan fingerprint density at radius 3 is 2.61 bits per heavy atom. The predicted molar refractivity (Wildman–Crippen MR) is 127 cm³/mol. The van der Waals surface area contributed by atoms with Gasteiger partial charge >= 0.3 is 0 Å². The third kappa shape index (κ3) is 6.95. The van der Waals surface area contributed by atoms with E-state index in [9.17, 15) is 5.11 Å². The molecule has 0 aliphatic heterocycles. The van der Waals surface area contributed by atoms with Crippen molar-refractivity contribution >= 4 is 17.3 Å².